The van der Waals surface area contributed by atoms with E-state index in [9.17, 15) is 14.3 Å². The standard InChI is InChI=1S/C15H19BrFNO2/c16-12-5-3-11(13(17)9-12)4-6-14(20)18-15(10-19)7-1-2-8-15/h3,5,9,19H,1-2,4,6-8,10H2,(H,18,20). The number of rotatable bonds is 5. The van der Waals surface area contributed by atoms with Crippen molar-refractivity contribution in [2.45, 2.75) is 44.1 Å². The molecule has 1 saturated carbocycles. The second kappa shape index (κ2) is 6.68. The molecule has 1 aliphatic rings. The van der Waals surface area contributed by atoms with Gasteiger partial charge in [-0.1, -0.05) is 34.8 Å². The quantitative estimate of drug-likeness (QED) is 0.863. The van der Waals surface area contributed by atoms with Crippen LogP contribution >= 0.6 is 15.9 Å². The molecule has 1 aliphatic carbocycles. The SMILES string of the molecule is O=C(CCc1ccc(Br)cc1F)NC1(CO)CCCC1. The Morgan fingerprint density at radius 3 is 2.70 bits per heavy atom. The zero-order valence-electron chi connectivity index (χ0n) is 11.3. The summed E-state index contributed by atoms with van der Waals surface area (Å²) in [7, 11) is 0. The van der Waals surface area contributed by atoms with E-state index in [1.165, 1.54) is 6.07 Å². The third-order valence-electron chi connectivity index (χ3n) is 3.90. The number of carbonyl (C=O) groups excluding carboxylic acids is 1. The average molecular weight is 344 g/mol. The lowest BCUT2D eigenvalue weighted by Crippen LogP contribution is -2.49. The van der Waals surface area contributed by atoms with Crippen molar-refractivity contribution < 1.29 is 14.3 Å². The number of aliphatic hydroxyl groups excluding tert-OH is 1. The first kappa shape index (κ1) is 15.4. The summed E-state index contributed by atoms with van der Waals surface area (Å²) in [5.74, 6) is -0.423. The zero-order valence-corrected chi connectivity index (χ0v) is 12.9. The summed E-state index contributed by atoms with van der Waals surface area (Å²) in [6.45, 7) is -0.0224. The molecule has 1 aromatic rings. The highest BCUT2D eigenvalue weighted by Gasteiger charge is 2.34. The molecule has 5 heteroatoms. The van der Waals surface area contributed by atoms with Crippen molar-refractivity contribution in [1.82, 2.24) is 5.32 Å². The molecule has 20 heavy (non-hydrogen) atoms. The minimum atomic E-state index is -0.449. The van der Waals surface area contributed by atoms with Gasteiger partial charge < -0.3 is 10.4 Å². The predicted molar refractivity (Wildman–Crippen MR) is 78.8 cm³/mol. The minimum Gasteiger partial charge on any atom is -0.394 e. The molecule has 0 saturated heterocycles. The molecule has 3 nitrogen and oxygen atoms in total. The Morgan fingerprint density at radius 1 is 1.40 bits per heavy atom. The second-order valence-electron chi connectivity index (χ2n) is 5.43. The van der Waals surface area contributed by atoms with Gasteiger partial charge in [-0.3, -0.25) is 4.79 Å². The smallest absolute Gasteiger partial charge is 0.220 e. The molecule has 0 aromatic heterocycles. The minimum absolute atomic E-state index is 0.0224. The van der Waals surface area contributed by atoms with E-state index in [0.29, 0.717) is 16.5 Å². The highest BCUT2D eigenvalue weighted by Crippen LogP contribution is 2.29. The zero-order chi connectivity index (χ0) is 14.6. The Morgan fingerprint density at radius 2 is 2.10 bits per heavy atom. The van der Waals surface area contributed by atoms with E-state index in [1.807, 2.05) is 0 Å². The summed E-state index contributed by atoms with van der Waals surface area (Å²) in [6, 6.07) is 4.85. The first-order valence-corrected chi connectivity index (χ1v) is 7.70. The number of benzene rings is 1. The van der Waals surface area contributed by atoms with Crippen molar-refractivity contribution in [1.29, 1.82) is 0 Å². The van der Waals surface area contributed by atoms with Crippen LogP contribution in [0.3, 0.4) is 0 Å². The lowest BCUT2D eigenvalue weighted by atomic mass is 9.98. The third-order valence-corrected chi connectivity index (χ3v) is 4.40. The molecule has 0 heterocycles. The highest BCUT2D eigenvalue weighted by atomic mass is 79.9. The fourth-order valence-corrected chi connectivity index (χ4v) is 3.04. The number of aryl methyl sites for hydroxylation is 1. The van der Waals surface area contributed by atoms with Crippen molar-refractivity contribution in [3.05, 3.63) is 34.1 Å². The van der Waals surface area contributed by atoms with E-state index >= 15 is 0 Å². The number of carbonyl (C=O) groups is 1. The van der Waals surface area contributed by atoms with E-state index in [1.54, 1.807) is 12.1 Å². The fourth-order valence-electron chi connectivity index (χ4n) is 2.71. The van der Waals surface area contributed by atoms with Crippen LogP contribution in [0.15, 0.2) is 22.7 Å². The molecule has 1 fully saturated rings. The summed E-state index contributed by atoms with van der Waals surface area (Å²) in [6.07, 6.45) is 4.31. The topological polar surface area (TPSA) is 49.3 Å². The lowest BCUT2D eigenvalue weighted by Gasteiger charge is -2.28. The lowest BCUT2D eigenvalue weighted by molar-refractivity contribution is -0.123. The number of aliphatic hydroxyl groups is 1. The Hall–Kier alpha value is -0.940. The number of nitrogens with one attached hydrogen (secondary N) is 1. The van der Waals surface area contributed by atoms with Gasteiger partial charge in [0, 0.05) is 10.9 Å². The van der Waals surface area contributed by atoms with Gasteiger partial charge in [0.1, 0.15) is 5.82 Å². The van der Waals surface area contributed by atoms with Crippen LogP contribution in [0.25, 0.3) is 0 Å². The molecule has 0 radical (unpaired) electrons. The van der Waals surface area contributed by atoms with E-state index in [-0.39, 0.29) is 24.8 Å². The van der Waals surface area contributed by atoms with Crippen LogP contribution < -0.4 is 5.32 Å². The molecule has 2 rings (SSSR count). The maximum atomic E-state index is 13.6. The Balaban J connectivity index is 1.89. The number of hydrogen-bond donors (Lipinski definition) is 2. The first-order valence-electron chi connectivity index (χ1n) is 6.90. The molecule has 0 unspecified atom stereocenters. The van der Waals surface area contributed by atoms with Gasteiger partial charge >= 0.3 is 0 Å². The summed E-state index contributed by atoms with van der Waals surface area (Å²) in [4.78, 5) is 12.0. The van der Waals surface area contributed by atoms with Gasteiger partial charge in [-0.05, 0) is 37.0 Å². The molecule has 0 aliphatic heterocycles. The van der Waals surface area contributed by atoms with Crippen molar-refractivity contribution >= 4 is 21.8 Å². The normalized spacial score (nSPS) is 17.1. The van der Waals surface area contributed by atoms with E-state index in [2.05, 4.69) is 21.2 Å². The largest absolute Gasteiger partial charge is 0.394 e. The van der Waals surface area contributed by atoms with Crippen molar-refractivity contribution in [3.8, 4) is 0 Å². The molecule has 1 amide bonds. The number of halogens is 2. The first-order chi connectivity index (χ1) is 9.54. The van der Waals surface area contributed by atoms with Crippen LogP contribution in [0.2, 0.25) is 0 Å². The Bertz CT molecular complexity index is 487. The predicted octanol–water partition coefficient (Wildman–Crippen LogP) is 2.94. The van der Waals surface area contributed by atoms with Crippen LogP contribution in [-0.4, -0.2) is 23.2 Å². The molecule has 1 aromatic carbocycles. The van der Waals surface area contributed by atoms with Crippen LogP contribution in [0.5, 0.6) is 0 Å². The Labute approximate surface area is 126 Å². The van der Waals surface area contributed by atoms with Crippen LogP contribution in [0.1, 0.15) is 37.7 Å². The third kappa shape index (κ3) is 3.79. The summed E-state index contributed by atoms with van der Waals surface area (Å²) < 4.78 is 14.3. The second-order valence-corrected chi connectivity index (χ2v) is 6.35. The van der Waals surface area contributed by atoms with Crippen LogP contribution in [0, 0.1) is 5.82 Å². The molecule has 2 N–H and O–H groups in total. The highest BCUT2D eigenvalue weighted by molar-refractivity contribution is 9.10. The molecule has 0 atom stereocenters. The molecular formula is C15H19BrFNO2. The molecular weight excluding hydrogens is 325 g/mol. The average Bonchev–Trinajstić information content (AvgIpc) is 2.87. The van der Waals surface area contributed by atoms with Gasteiger partial charge in [0.05, 0.1) is 12.1 Å². The number of amides is 1. The van der Waals surface area contributed by atoms with Crippen molar-refractivity contribution in [2.24, 2.45) is 0 Å². The van der Waals surface area contributed by atoms with E-state index < -0.39 is 5.54 Å². The van der Waals surface area contributed by atoms with Gasteiger partial charge in [0.15, 0.2) is 0 Å². The maximum absolute atomic E-state index is 13.6. The Kier molecular flexibility index (Phi) is 5.16. The van der Waals surface area contributed by atoms with Crippen molar-refractivity contribution in [2.75, 3.05) is 6.61 Å². The fraction of sp³-hybridized carbons (Fsp3) is 0.533. The maximum Gasteiger partial charge on any atom is 0.220 e. The molecule has 0 bridgehead atoms. The monoisotopic (exact) mass is 343 g/mol. The van der Waals surface area contributed by atoms with Gasteiger partial charge in [0.2, 0.25) is 5.91 Å². The summed E-state index contributed by atoms with van der Waals surface area (Å²) >= 11 is 3.20. The van der Waals surface area contributed by atoms with Crippen LogP contribution in [0.4, 0.5) is 4.39 Å². The van der Waals surface area contributed by atoms with Gasteiger partial charge in [0.25, 0.3) is 0 Å². The summed E-state index contributed by atoms with van der Waals surface area (Å²) in [5, 5.41) is 12.4. The summed E-state index contributed by atoms with van der Waals surface area (Å²) in [5.41, 5.74) is 0.0860. The molecule has 0 spiro atoms. The number of hydrogen-bond acceptors (Lipinski definition) is 2. The molecule has 110 valence electrons. The van der Waals surface area contributed by atoms with Gasteiger partial charge in [-0.25, -0.2) is 4.39 Å². The van der Waals surface area contributed by atoms with E-state index in [4.69, 9.17) is 0 Å². The van der Waals surface area contributed by atoms with Gasteiger partial charge in [-0.15, -0.1) is 0 Å². The van der Waals surface area contributed by atoms with E-state index in [0.717, 1.165) is 25.7 Å². The van der Waals surface area contributed by atoms with Gasteiger partial charge in [-0.2, -0.15) is 0 Å². The van der Waals surface area contributed by atoms with Crippen LogP contribution in [-0.2, 0) is 11.2 Å². The van der Waals surface area contributed by atoms with Crippen molar-refractivity contribution in [3.63, 3.8) is 0 Å².